The van der Waals surface area contributed by atoms with E-state index in [1.807, 2.05) is 6.92 Å². The van der Waals surface area contributed by atoms with Crippen molar-refractivity contribution >= 4 is 117 Å². The Kier molecular flexibility index (Phi) is 38.8. The number of nitrogens with zero attached hydrogens (tertiary/aromatic N) is 5. The molecular weight excluding hydrogens is 1710 g/mol. The third-order valence-electron chi connectivity index (χ3n) is 22.4. The number of phenols is 2. The summed E-state index contributed by atoms with van der Waals surface area (Å²) in [6.45, 7) is 6.14. The van der Waals surface area contributed by atoms with E-state index in [0.29, 0.717) is 62.9 Å². The van der Waals surface area contributed by atoms with E-state index in [4.69, 9.17) is 10.5 Å². The number of aromatic amines is 1. The summed E-state index contributed by atoms with van der Waals surface area (Å²) >= 11 is 0.817. The highest BCUT2D eigenvalue weighted by atomic mass is 32.2. The summed E-state index contributed by atoms with van der Waals surface area (Å²) in [4.78, 5) is 244. The van der Waals surface area contributed by atoms with Crippen molar-refractivity contribution in [2.24, 2.45) is 17.6 Å². The Bertz CT molecular complexity index is 5140. The first-order valence-corrected chi connectivity index (χ1v) is 44.3. The molecule has 37 heteroatoms. The van der Waals surface area contributed by atoms with Gasteiger partial charge in [-0.1, -0.05) is 163 Å². The quantitative estimate of drug-likeness (QED) is 0.0413. The first-order chi connectivity index (χ1) is 62.3. The molecule has 0 spiro atoms. The topological polar surface area (TPSA) is 509 Å². The number of para-hydroxylation sites is 1. The first kappa shape index (κ1) is 103. The molecule has 0 unspecified atom stereocenters. The number of benzene rings is 6. The number of carbonyl (C=O) groups excluding carboxylic acids is 15. The van der Waals surface area contributed by atoms with E-state index in [1.165, 1.54) is 90.9 Å². The predicted octanol–water partition coefficient (Wildman–Crippen LogP) is 2.34. The fourth-order valence-corrected chi connectivity index (χ4v) is 16.0. The average molecular weight is 1830 g/mol. The van der Waals surface area contributed by atoms with E-state index in [2.05, 4.69) is 52.8 Å². The van der Waals surface area contributed by atoms with Crippen molar-refractivity contribution in [3.8, 4) is 17.2 Å². The van der Waals surface area contributed by atoms with E-state index in [0.717, 1.165) is 36.3 Å². The van der Waals surface area contributed by atoms with Crippen molar-refractivity contribution in [3.63, 3.8) is 0 Å². The van der Waals surface area contributed by atoms with Gasteiger partial charge < -0.3 is 103 Å². The maximum atomic E-state index is 15.6. The van der Waals surface area contributed by atoms with Gasteiger partial charge in [-0.05, 0) is 101 Å². The number of aromatic nitrogens is 1. The molecule has 0 bridgehead atoms. The standard InChI is InChI=1S/C94H120N16O20S/c1-12-13-28-75-92(127)107(7)52-80(115)99-71(48-82(117)118)88(123)105-83(56(4)5)94(129)109(9)76(45-57-22-16-14-17-23-57)89(124)103-72(43-60-31-37-64(112)38-32-60)90(125)106(6)51-79(114)98-70(47-62-49-96-67-27-21-20-26-66(62)67)87(122)102-69(42-59-29-35-63(111)36-30-59)86(121)101-68(41-55(2)3)85(120)104-74(84(119)97-50-78(95)113)53-131-54-81(116)100-73(44-61-33-39-65(130-11)40-34-61)91(126)110(10)77(93(128)108(75)8)46-58-24-18-15-19-25-58/h14-27,29-40,49,55-56,68-77,83,96,111-112H,12-13,28,41-48,50-54H2,1-11H3,(H2,95,113)(H,97,119)(H,98,114)(H,99,115)(H,100,116)(H,101,121)(H,102,122)(H,103,124)(H,104,120)(H,105,123)(H,117,118)/t68-,69-,70-,71-,72-,73-,74-,75-,76-,77-,83-/m0/s1. The van der Waals surface area contributed by atoms with E-state index in [-0.39, 0.29) is 68.8 Å². The van der Waals surface area contributed by atoms with Gasteiger partial charge in [-0.3, -0.25) is 76.7 Å². The number of methoxy groups -OCH3 is 1. The number of primary amides is 1. The van der Waals surface area contributed by atoms with Gasteiger partial charge in [0, 0.05) is 96.6 Å². The number of likely N-dealkylation sites (N-methyl/N-ethyl adjacent to an activating group) is 5. The van der Waals surface area contributed by atoms with Crippen molar-refractivity contribution in [1.82, 2.24) is 77.3 Å². The van der Waals surface area contributed by atoms with E-state index >= 15 is 38.4 Å². The molecule has 0 saturated carbocycles. The van der Waals surface area contributed by atoms with Crippen LogP contribution in [0.3, 0.4) is 0 Å². The molecule has 131 heavy (non-hydrogen) atoms. The molecular formula is C94H120N16O20S. The highest BCUT2D eigenvalue weighted by molar-refractivity contribution is 8.00. The highest BCUT2D eigenvalue weighted by Crippen LogP contribution is 2.25. The van der Waals surface area contributed by atoms with Crippen LogP contribution < -0.4 is 58.3 Å². The van der Waals surface area contributed by atoms with Crippen LogP contribution in [-0.2, 0) is 115 Å². The predicted molar refractivity (Wildman–Crippen MR) is 489 cm³/mol. The molecule has 11 atom stereocenters. The number of carboxylic acid groups (broad SMARTS) is 1. The van der Waals surface area contributed by atoms with Crippen molar-refractivity contribution in [3.05, 3.63) is 197 Å². The number of nitrogens with one attached hydrogen (secondary N) is 10. The summed E-state index contributed by atoms with van der Waals surface area (Å²) in [6, 6.07) is 25.0. The van der Waals surface area contributed by atoms with Gasteiger partial charge in [0.15, 0.2) is 0 Å². The maximum Gasteiger partial charge on any atom is 0.305 e. The third kappa shape index (κ3) is 30.9. The average Bonchev–Trinajstić information content (AvgIpc) is 0.863. The van der Waals surface area contributed by atoms with Gasteiger partial charge in [-0.25, -0.2) is 0 Å². The number of fused-ring (bicyclic) bond motifs is 1. The number of H-pyrrole nitrogens is 1. The van der Waals surface area contributed by atoms with Gasteiger partial charge in [-0.2, -0.15) is 0 Å². The van der Waals surface area contributed by atoms with Crippen LogP contribution in [0, 0.1) is 11.8 Å². The largest absolute Gasteiger partial charge is 0.508 e. The molecule has 6 aromatic carbocycles. The van der Waals surface area contributed by atoms with Crippen molar-refractivity contribution in [2.75, 3.05) is 73.5 Å². The summed E-state index contributed by atoms with van der Waals surface area (Å²) in [5.74, 6) is -17.2. The second kappa shape index (κ2) is 49.6. The number of ether oxygens (including phenoxy) is 1. The van der Waals surface area contributed by atoms with Gasteiger partial charge >= 0.3 is 5.97 Å². The summed E-state index contributed by atoms with van der Waals surface area (Å²) in [5.41, 5.74) is 9.03. The third-order valence-corrected chi connectivity index (χ3v) is 23.4. The number of rotatable bonds is 24. The summed E-state index contributed by atoms with van der Waals surface area (Å²) < 4.78 is 5.41. The Morgan fingerprint density at radius 2 is 0.939 bits per heavy atom. The first-order valence-electron chi connectivity index (χ1n) is 43.2. The Balaban J connectivity index is 1.22. The number of aliphatic carboxylic acids is 1. The monoisotopic (exact) mass is 1820 g/mol. The normalized spacial score (nSPS) is 21.7. The lowest BCUT2D eigenvalue weighted by molar-refractivity contribution is -0.151. The number of phenolic OH excluding ortho intramolecular Hbond substituents is 2. The number of carbonyl (C=O) groups is 16. The fourth-order valence-electron chi connectivity index (χ4n) is 15.1. The summed E-state index contributed by atoms with van der Waals surface area (Å²) in [5, 5.41) is 55.6. The number of nitrogens with two attached hydrogens (primary N) is 1. The van der Waals surface area contributed by atoms with Crippen LogP contribution in [0.2, 0.25) is 0 Å². The van der Waals surface area contributed by atoms with Gasteiger partial charge in [0.2, 0.25) is 88.6 Å². The molecule has 1 aliphatic heterocycles. The minimum absolute atomic E-state index is 0.0194. The smallest absolute Gasteiger partial charge is 0.305 e. The molecule has 2 heterocycles. The number of carboxylic acids is 1. The van der Waals surface area contributed by atoms with Crippen LogP contribution in [0.4, 0.5) is 0 Å². The van der Waals surface area contributed by atoms with Gasteiger partial charge in [0.25, 0.3) is 0 Å². The Morgan fingerprint density at radius 3 is 1.48 bits per heavy atom. The Morgan fingerprint density at radius 1 is 0.481 bits per heavy atom. The molecule has 0 radical (unpaired) electrons. The summed E-state index contributed by atoms with van der Waals surface area (Å²) in [6.07, 6.45) is -0.0333. The lowest BCUT2D eigenvalue weighted by Crippen LogP contribution is -2.61. The van der Waals surface area contributed by atoms with Gasteiger partial charge in [-0.15, -0.1) is 11.8 Å². The van der Waals surface area contributed by atoms with Crippen LogP contribution in [0.5, 0.6) is 17.2 Å². The molecule has 15 N–H and O–H groups in total. The fraction of sp³-hybridized carbons (Fsp3) is 0.426. The van der Waals surface area contributed by atoms with Crippen molar-refractivity contribution in [1.29, 1.82) is 0 Å². The SMILES string of the molecule is CCCC[C@H]1C(=O)N(C)CC(=O)N[C@@H](CC(=O)O)C(=O)N[C@@H](C(C)C)C(=O)N(C)[C@@H](Cc2ccccc2)C(=O)N[C@@H](Cc2ccc(O)cc2)C(=O)N(C)CC(=O)N[C@@H](Cc2c[nH]c3ccccc23)C(=O)N[C@@H](Cc2ccc(O)cc2)C(=O)N[C@@H](CC(C)C)C(=O)N[C@H](C(=O)NCC(N)=O)CSCC(=O)N[C@@H](Cc2ccc(OC)cc2)C(=O)N(C)[C@@H](Cc2ccccc2)C(=O)N1C. The van der Waals surface area contributed by atoms with Crippen LogP contribution in [0.1, 0.15) is 100 Å². The number of hydrogen-bond acceptors (Lipinski definition) is 20. The maximum absolute atomic E-state index is 15.6. The van der Waals surface area contributed by atoms with Crippen LogP contribution in [0.25, 0.3) is 10.9 Å². The van der Waals surface area contributed by atoms with Crippen molar-refractivity contribution in [2.45, 2.75) is 172 Å². The minimum Gasteiger partial charge on any atom is -0.508 e. The number of thioether (sulfide) groups is 1. The molecule has 36 nitrogen and oxygen atoms in total. The molecule has 7 aromatic rings. The number of hydrogen-bond donors (Lipinski definition) is 14. The van der Waals surface area contributed by atoms with Gasteiger partial charge in [0.05, 0.1) is 38.9 Å². The minimum atomic E-state index is -1.91. The van der Waals surface area contributed by atoms with E-state index in [1.54, 1.807) is 143 Å². The lowest BCUT2D eigenvalue weighted by atomic mass is 9.98. The zero-order valence-electron chi connectivity index (χ0n) is 75.4. The number of unbranched alkanes of at least 4 members (excludes halogenated alkanes) is 1. The molecule has 1 fully saturated rings. The Labute approximate surface area is 764 Å². The molecule has 8 rings (SSSR count). The lowest BCUT2D eigenvalue weighted by Gasteiger charge is -2.37. The second-order valence-corrected chi connectivity index (χ2v) is 34.5. The van der Waals surface area contributed by atoms with E-state index < -0.39 is 205 Å². The second-order valence-electron chi connectivity index (χ2n) is 33.4. The Hall–Kier alpha value is -13.9. The van der Waals surface area contributed by atoms with Crippen molar-refractivity contribution < 1.29 is 96.8 Å². The number of amides is 15. The molecule has 1 aliphatic rings. The zero-order valence-corrected chi connectivity index (χ0v) is 76.2. The zero-order chi connectivity index (χ0) is 95.9. The summed E-state index contributed by atoms with van der Waals surface area (Å²) in [7, 11) is 7.97. The molecule has 1 aromatic heterocycles. The van der Waals surface area contributed by atoms with Gasteiger partial charge in [0.1, 0.15) is 83.7 Å². The van der Waals surface area contributed by atoms with Crippen LogP contribution in [0.15, 0.2) is 164 Å². The van der Waals surface area contributed by atoms with E-state index in [9.17, 15) is 53.7 Å². The molecule has 702 valence electrons. The number of aromatic hydroxyl groups is 2. The molecule has 15 amide bonds. The van der Waals surface area contributed by atoms with Crippen LogP contribution in [-0.4, -0.2) is 279 Å². The highest BCUT2D eigenvalue weighted by Gasteiger charge is 2.42. The molecule has 1 saturated heterocycles. The molecule has 0 aliphatic carbocycles. The van der Waals surface area contributed by atoms with Crippen LogP contribution >= 0.6 is 11.8 Å².